The number of carbonyl (C=O) groups excluding carboxylic acids is 1. The molecule has 0 rings (SSSR count). The summed E-state index contributed by atoms with van der Waals surface area (Å²) in [5.41, 5.74) is 0. The van der Waals surface area contributed by atoms with Gasteiger partial charge in [-0.25, -0.2) is 0 Å². The van der Waals surface area contributed by atoms with Crippen LogP contribution < -0.4 is 34.7 Å². The van der Waals surface area contributed by atoms with Crippen LogP contribution in [0, 0.1) is 0 Å². The first-order valence-electron chi connectivity index (χ1n) is 9.08. The summed E-state index contributed by atoms with van der Waals surface area (Å²) in [5, 5.41) is 18.9. The smallest absolute Gasteiger partial charge is 0.550 e. The Morgan fingerprint density at radius 3 is 1.14 bits per heavy atom. The predicted molar refractivity (Wildman–Crippen MR) is 86.0 cm³/mol. The first-order chi connectivity index (χ1) is 10.3. The van der Waals surface area contributed by atoms with E-state index >= 15 is 0 Å². The van der Waals surface area contributed by atoms with Crippen molar-refractivity contribution in [3.63, 3.8) is 0 Å². The summed E-state index contributed by atoms with van der Waals surface area (Å²) in [6, 6.07) is 0. The number of carboxylic acid groups (broad SMARTS) is 1. The summed E-state index contributed by atoms with van der Waals surface area (Å²) in [7, 11) is 0. The molecule has 0 radical (unpaired) electrons. The molecule has 4 heteroatoms. The summed E-state index contributed by atoms with van der Waals surface area (Å²) < 4.78 is 0. The van der Waals surface area contributed by atoms with Crippen LogP contribution in [0.5, 0.6) is 0 Å². The molecular weight excluding hydrogens is 287 g/mol. The fourth-order valence-electron chi connectivity index (χ4n) is 2.68. The molecule has 0 aliphatic heterocycles. The van der Waals surface area contributed by atoms with Crippen molar-refractivity contribution in [2.24, 2.45) is 0 Å². The molecule has 0 aromatic rings. The molecule has 0 aromatic carbocycles. The topological polar surface area (TPSA) is 60.4 Å². The monoisotopic (exact) mass is 322 g/mol. The normalized spacial score (nSPS) is 10.4. The van der Waals surface area contributed by atoms with Crippen molar-refractivity contribution >= 4 is 5.97 Å². The van der Waals surface area contributed by atoms with E-state index in [2.05, 4.69) is 0 Å². The minimum absolute atomic E-state index is 0. The first kappa shape index (κ1) is 24.7. The molecule has 0 spiro atoms. The molecule has 22 heavy (non-hydrogen) atoms. The van der Waals surface area contributed by atoms with E-state index in [1.807, 2.05) is 0 Å². The van der Waals surface area contributed by atoms with Gasteiger partial charge in [-0.05, 0) is 19.3 Å². The average Bonchev–Trinajstić information content (AvgIpc) is 2.46. The van der Waals surface area contributed by atoms with E-state index in [-0.39, 0.29) is 36.0 Å². The summed E-state index contributed by atoms with van der Waals surface area (Å²) in [4.78, 5) is 10.2. The Morgan fingerprint density at radius 2 is 0.864 bits per heavy atom. The van der Waals surface area contributed by atoms with Crippen LogP contribution in [0.3, 0.4) is 0 Å². The van der Waals surface area contributed by atoms with E-state index < -0.39 is 5.97 Å². The number of hydrogen-bond acceptors (Lipinski definition) is 3. The van der Waals surface area contributed by atoms with Gasteiger partial charge in [0.15, 0.2) is 0 Å². The Labute approximate surface area is 159 Å². The van der Waals surface area contributed by atoms with Crippen LogP contribution in [0.15, 0.2) is 0 Å². The molecule has 0 saturated heterocycles. The van der Waals surface area contributed by atoms with Crippen molar-refractivity contribution in [3.8, 4) is 0 Å². The zero-order valence-corrected chi connectivity index (χ0v) is 16.8. The van der Waals surface area contributed by atoms with E-state index in [9.17, 15) is 9.90 Å². The Kier molecular flexibility index (Phi) is 24.0. The number of aliphatic carboxylic acids is 1. The van der Waals surface area contributed by atoms with Gasteiger partial charge in [-0.1, -0.05) is 83.5 Å². The summed E-state index contributed by atoms with van der Waals surface area (Å²) in [6.07, 6.45) is 18.6. The maximum absolute atomic E-state index is 10.2. The van der Waals surface area contributed by atoms with Crippen molar-refractivity contribution in [1.29, 1.82) is 0 Å². The van der Waals surface area contributed by atoms with Crippen LogP contribution in [0.2, 0.25) is 0 Å². The fourth-order valence-corrected chi connectivity index (χ4v) is 2.68. The van der Waals surface area contributed by atoms with Crippen molar-refractivity contribution in [2.45, 2.75) is 103 Å². The molecule has 0 unspecified atom stereocenters. The van der Waals surface area contributed by atoms with E-state index in [1.54, 1.807) is 0 Å². The quantitative estimate of drug-likeness (QED) is 0.321. The maximum atomic E-state index is 10.2. The Bertz CT molecular complexity index is 222. The van der Waals surface area contributed by atoms with Crippen molar-refractivity contribution in [3.05, 3.63) is 0 Å². The Morgan fingerprint density at radius 1 is 0.591 bits per heavy atom. The number of rotatable bonds is 17. The molecular formula is C18H35NaO3. The van der Waals surface area contributed by atoms with Crippen molar-refractivity contribution in [2.75, 3.05) is 6.61 Å². The molecule has 0 atom stereocenters. The van der Waals surface area contributed by atoms with Gasteiger partial charge in [0.25, 0.3) is 0 Å². The predicted octanol–water partition coefficient (Wildman–Crippen LogP) is 0.974. The third-order valence-corrected chi connectivity index (χ3v) is 4.04. The van der Waals surface area contributed by atoms with Crippen LogP contribution in [0.1, 0.15) is 103 Å². The van der Waals surface area contributed by atoms with Gasteiger partial charge >= 0.3 is 29.6 Å². The van der Waals surface area contributed by atoms with Crippen LogP contribution in [0.25, 0.3) is 0 Å². The fraction of sp³-hybridized carbons (Fsp3) is 0.944. The maximum Gasteiger partial charge on any atom is 1.00 e. The van der Waals surface area contributed by atoms with Crippen LogP contribution in [-0.2, 0) is 4.79 Å². The second kappa shape index (κ2) is 21.4. The minimum atomic E-state index is -0.914. The minimum Gasteiger partial charge on any atom is -0.550 e. The summed E-state index contributed by atoms with van der Waals surface area (Å²) >= 11 is 0. The number of unbranched alkanes of at least 4 members (excludes halogenated alkanes) is 14. The van der Waals surface area contributed by atoms with E-state index in [0.717, 1.165) is 19.3 Å². The van der Waals surface area contributed by atoms with Gasteiger partial charge in [0.05, 0.1) is 0 Å². The molecule has 0 fully saturated rings. The Hall–Kier alpha value is 0.430. The van der Waals surface area contributed by atoms with Gasteiger partial charge in [0, 0.05) is 12.6 Å². The molecule has 0 heterocycles. The zero-order chi connectivity index (χ0) is 15.6. The van der Waals surface area contributed by atoms with E-state index in [0.29, 0.717) is 6.61 Å². The van der Waals surface area contributed by atoms with E-state index in [4.69, 9.17) is 5.11 Å². The van der Waals surface area contributed by atoms with Crippen LogP contribution in [-0.4, -0.2) is 17.7 Å². The Balaban J connectivity index is 0. The number of carbonyl (C=O) groups is 1. The second-order valence-corrected chi connectivity index (χ2v) is 6.15. The van der Waals surface area contributed by atoms with Crippen LogP contribution >= 0.6 is 0 Å². The van der Waals surface area contributed by atoms with Crippen LogP contribution in [0.4, 0.5) is 0 Å². The molecule has 126 valence electrons. The van der Waals surface area contributed by atoms with Crippen molar-refractivity contribution < 1.29 is 44.6 Å². The van der Waals surface area contributed by atoms with Gasteiger partial charge in [-0.2, -0.15) is 0 Å². The average molecular weight is 322 g/mol. The van der Waals surface area contributed by atoms with Crippen molar-refractivity contribution in [1.82, 2.24) is 0 Å². The molecule has 0 aliphatic carbocycles. The second-order valence-electron chi connectivity index (χ2n) is 6.15. The molecule has 0 aliphatic rings. The van der Waals surface area contributed by atoms with Gasteiger partial charge < -0.3 is 15.0 Å². The number of carboxylic acids is 1. The van der Waals surface area contributed by atoms with Gasteiger partial charge in [-0.15, -0.1) is 0 Å². The number of aliphatic hydroxyl groups is 1. The molecule has 0 bridgehead atoms. The van der Waals surface area contributed by atoms with Gasteiger partial charge in [-0.3, -0.25) is 0 Å². The zero-order valence-electron chi connectivity index (χ0n) is 14.8. The third kappa shape index (κ3) is 22.7. The van der Waals surface area contributed by atoms with Gasteiger partial charge in [0.1, 0.15) is 0 Å². The molecule has 0 amide bonds. The third-order valence-electron chi connectivity index (χ3n) is 4.04. The SMILES string of the molecule is O=C([O-])CCCCCCCCCCCCCCCCCO.[Na+]. The summed E-state index contributed by atoms with van der Waals surface area (Å²) in [6.45, 7) is 0.344. The molecule has 1 N–H and O–H groups in total. The number of aliphatic hydroxyl groups excluding tert-OH is 1. The molecule has 0 saturated carbocycles. The van der Waals surface area contributed by atoms with Gasteiger partial charge in [0.2, 0.25) is 0 Å². The largest absolute Gasteiger partial charge is 1.00 e. The number of hydrogen-bond donors (Lipinski definition) is 1. The molecule has 3 nitrogen and oxygen atoms in total. The summed E-state index contributed by atoms with van der Waals surface area (Å²) in [5.74, 6) is -0.914. The standard InChI is InChI=1S/C18H36O3.Na/c19-17-15-13-11-9-7-5-3-1-2-4-6-8-10-12-14-16-18(20)21;/h19H,1-17H2,(H,20,21);/q;+1/p-1. The first-order valence-corrected chi connectivity index (χ1v) is 9.08. The van der Waals surface area contributed by atoms with E-state index in [1.165, 1.54) is 77.0 Å². The molecule has 0 aromatic heterocycles.